The predicted octanol–water partition coefficient (Wildman–Crippen LogP) is 0.147. The van der Waals surface area contributed by atoms with Gasteiger partial charge < -0.3 is 21.1 Å². The van der Waals surface area contributed by atoms with Gasteiger partial charge in [-0.1, -0.05) is 6.92 Å². The van der Waals surface area contributed by atoms with Crippen LogP contribution in [0.4, 0.5) is 4.79 Å². The Morgan fingerprint density at radius 2 is 1.94 bits per heavy atom. The molecule has 0 aliphatic heterocycles. The SMILES string of the molecule is CCC(C(=O)O)N(C)C(=O)NCCCCC(N)=O. The van der Waals surface area contributed by atoms with Crippen molar-refractivity contribution in [2.24, 2.45) is 5.73 Å². The predicted molar refractivity (Wildman–Crippen MR) is 65.9 cm³/mol. The summed E-state index contributed by atoms with van der Waals surface area (Å²) >= 11 is 0. The molecule has 0 radical (unpaired) electrons. The molecule has 4 N–H and O–H groups in total. The van der Waals surface area contributed by atoms with Crippen LogP contribution in [-0.2, 0) is 9.59 Å². The first-order valence-electron chi connectivity index (χ1n) is 5.91. The molecule has 104 valence electrons. The first kappa shape index (κ1) is 16.2. The summed E-state index contributed by atoms with van der Waals surface area (Å²) in [5.41, 5.74) is 4.97. The van der Waals surface area contributed by atoms with Gasteiger partial charge in [-0.2, -0.15) is 0 Å². The van der Waals surface area contributed by atoms with E-state index in [9.17, 15) is 14.4 Å². The fourth-order valence-electron chi connectivity index (χ4n) is 1.50. The third kappa shape index (κ3) is 6.07. The highest BCUT2D eigenvalue weighted by Crippen LogP contribution is 2.02. The van der Waals surface area contributed by atoms with Crippen LogP contribution in [0, 0.1) is 0 Å². The number of hydrogen-bond acceptors (Lipinski definition) is 3. The second-order valence-electron chi connectivity index (χ2n) is 4.03. The van der Waals surface area contributed by atoms with Crippen molar-refractivity contribution in [1.82, 2.24) is 10.2 Å². The number of carbonyl (C=O) groups excluding carboxylic acids is 2. The molecule has 0 rings (SSSR count). The van der Waals surface area contributed by atoms with Crippen molar-refractivity contribution in [1.29, 1.82) is 0 Å². The molecule has 0 saturated carbocycles. The molecule has 0 heterocycles. The van der Waals surface area contributed by atoms with Crippen LogP contribution in [0.2, 0.25) is 0 Å². The van der Waals surface area contributed by atoms with E-state index < -0.39 is 18.0 Å². The van der Waals surface area contributed by atoms with Crippen molar-refractivity contribution in [3.05, 3.63) is 0 Å². The minimum atomic E-state index is -1.02. The number of carboxylic acid groups (broad SMARTS) is 1. The molecule has 0 aromatic heterocycles. The molecule has 0 aliphatic carbocycles. The van der Waals surface area contributed by atoms with E-state index in [-0.39, 0.29) is 5.91 Å². The third-order valence-corrected chi connectivity index (χ3v) is 2.59. The van der Waals surface area contributed by atoms with Crippen LogP contribution < -0.4 is 11.1 Å². The summed E-state index contributed by atoms with van der Waals surface area (Å²) in [4.78, 5) is 34.1. The van der Waals surface area contributed by atoms with Crippen LogP contribution in [0.15, 0.2) is 0 Å². The maximum absolute atomic E-state index is 11.6. The van der Waals surface area contributed by atoms with Gasteiger partial charge in [0.15, 0.2) is 0 Å². The third-order valence-electron chi connectivity index (χ3n) is 2.59. The van der Waals surface area contributed by atoms with E-state index in [0.717, 1.165) is 4.90 Å². The summed E-state index contributed by atoms with van der Waals surface area (Å²) in [6.07, 6.45) is 1.88. The topological polar surface area (TPSA) is 113 Å². The number of primary amides is 1. The minimum absolute atomic E-state index is 0.290. The van der Waals surface area contributed by atoms with Gasteiger partial charge >= 0.3 is 12.0 Å². The normalized spacial score (nSPS) is 11.7. The van der Waals surface area contributed by atoms with Gasteiger partial charge in [0.2, 0.25) is 5.91 Å². The quantitative estimate of drug-likeness (QED) is 0.538. The Labute approximate surface area is 106 Å². The number of hydrogen-bond donors (Lipinski definition) is 3. The zero-order valence-corrected chi connectivity index (χ0v) is 10.8. The van der Waals surface area contributed by atoms with Gasteiger partial charge in [0.25, 0.3) is 0 Å². The number of nitrogens with two attached hydrogens (primary N) is 1. The molecule has 0 aromatic carbocycles. The lowest BCUT2D eigenvalue weighted by molar-refractivity contribution is -0.141. The fourth-order valence-corrected chi connectivity index (χ4v) is 1.50. The number of urea groups is 1. The van der Waals surface area contributed by atoms with E-state index >= 15 is 0 Å². The van der Waals surface area contributed by atoms with Crippen LogP contribution >= 0.6 is 0 Å². The largest absolute Gasteiger partial charge is 0.480 e. The van der Waals surface area contributed by atoms with E-state index in [4.69, 9.17) is 10.8 Å². The Morgan fingerprint density at radius 1 is 1.33 bits per heavy atom. The van der Waals surface area contributed by atoms with Gasteiger partial charge in [-0.3, -0.25) is 4.79 Å². The van der Waals surface area contributed by atoms with Crippen molar-refractivity contribution >= 4 is 17.9 Å². The summed E-state index contributed by atoms with van der Waals surface area (Å²) in [6, 6.07) is -1.25. The average Bonchev–Trinajstić information content (AvgIpc) is 2.28. The molecule has 0 saturated heterocycles. The first-order chi connectivity index (χ1) is 8.40. The zero-order valence-electron chi connectivity index (χ0n) is 10.8. The van der Waals surface area contributed by atoms with Crippen molar-refractivity contribution in [2.45, 2.75) is 38.6 Å². The molecular weight excluding hydrogens is 238 g/mol. The van der Waals surface area contributed by atoms with Crippen molar-refractivity contribution in [3.8, 4) is 0 Å². The lowest BCUT2D eigenvalue weighted by Crippen LogP contribution is -2.47. The van der Waals surface area contributed by atoms with Crippen LogP contribution in [-0.4, -0.2) is 47.5 Å². The van der Waals surface area contributed by atoms with Crippen molar-refractivity contribution < 1.29 is 19.5 Å². The summed E-state index contributed by atoms with van der Waals surface area (Å²) in [5.74, 6) is -1.39. The molecular formula is C11H21N3O4. The zero-order chi connectivity index (χ0) is 14.1. The van der Waals surface area contributed by atoms with Crippen molar-refractivity contribution in [2.75, 3.05) is 13.6 Å². The van der Waals surface area contributed by atoms with Gasteiger partial charge in [0.05, 0.1) is 0 Å². The Hall–Kier alpha value is -1.79. The second-order valence-corrected chi connectivity index (χ2v) is 4.03. The van der Waals surface area contributed by atoms with Crippen LogP contribution in [0.1, 0.15) is 32.6 Å². The number of amides is 3. The number of nitrogens with zero attached hydrogens (tertiary/aromatic N) is 1. The van der Waals surface area contributed by atoms with Gasteiger partial charge in [0, 0.05) is 20.0 Å². The van der Waals surface area contributed by atoms with Gasteiger partial charge in [-0.25, -0.2) is 9.59 Å². The number of carboxylic acids is 1. The summed E-state index contributed by atoms with van der Waals surface area (Å²) < 4.78 is 0. The molecule has 0 aliphatic rings. The smallest absolute Gasteiger partial charge is 0.326 e. The first-order valence-corrected chi connectivity index (χ1v) is 5.91. The fraction of sp³-hybridized carbons (Fsp3) is 0.727. The minimum Gasteiger partial charge on any atom is -0.480 e. The highest BCUT2D eigenvalue weighted by atomic mass is 16.4. The molecule has 3 amide bonds. The highest BCUT2D eigenvalue weighted by Gasteiger charge is 2.24. The maximum Gasteiger partial charge on any atom is 0.326 e. The monoisotopic (exact) mass is 259 g/mol. The summed E-state index contributed by atoms with van der Waals surface area (Å²) in [5, 5.41) is 11.5. The standard InChI is InChI=1S/C11H21N3O4/c1-3-8(10(16)17)14(2)11(18)13-7-5-4-6-9(12)15/h8H,3-7H2,1-2H3,(H2,12,15)(H,13,18)(H,16,17). The molecule has 0 aromatic rings. The molecule has 18 heavy (non-hydrogen) atoms. The number of rotatable bonds is 8. The lowest BCUT2D eigenvalue weighted by atomic mass is 10.2. The Kier molecular flexibility index (Phi) is 7.50. The molecule has 7 heteroatoms. The Balaban J connectivity index is 3.94. The number of aliphatic carboxylic acids is 1. The average molecular weight is 259 g/mol. The van der Waals surface area contributed by atoms with E-state index in [1.807, 2.05) is 0 Å². The number of unbranched alkanes of at least 4 members (excludes halogenated alkanes) is 1. The Bertz CT molecular complexity index is 307. The molecule has 7 nitrogen and oxygen atoms in total. The number of carbonyl (C=O) groups is 3. The number of likely N-dealkylation sites (N-methyl/N-ethyl adjacent to an activating group) is 1. The van der Waals surface area contributed by atoms with E-state index in [1.165, 1.54) is 7.05 Å². The van der Waals surface area contributed by atoms with E-state index in [0.29, 0.717) is 32.2 Å². The van der Waals surface area contributed by atoms with Gasteiger partial charge in [-0.05, 0) is 19.3 Å². The molecule has 0 spiro atoms. The van der Waals surface area contributed by atoms with E-state index in [1.54, 1.807) is 6.92 Å². The molecule has 1 atom stereocenters. The highest BCUT2D eigenvalue weighted by molar-refractivity contribution is 5.82. The molecule has 1 unspecified atom stereocenters. The second kappa shape index (κ2) is 8.32. The lowest BCUT2D eigenvalue weighted by Gasteiger charge is -2.23. The summed E-state index contributed by atoms with van der Waals surface area (Å²) in [6.45, 7) is 2.10. The van der Waals surface area contributed by atoms with E-state index in [2.05, 4.69) is 5.32 Å². The number of nitrogens with one attached hydrogen (secondary N) is 1. The maximum atomic E-state index is 11.6. The summed E-state index contributed by atoms with van der Waals surface area (Å²) in [7, 11) is 1.45. The van der Waals surface area contributed by atoms with Crippen LogP contribution in [0.5, 0.6) is 0 Å². The Morgan fingerprint density at radius 3 is 2.39 bits per heavy atom. The molecule has 0 bridgehead atoms. The van der Waals surface area contributed by atoms with Gasteiger partial charge in [0.1, 0.15) is 6.04 Å². The van der Waals surface area contributed by atoms with Crippen LogP contribution in [0.25, 0.3) is 0 Å². The van der Waals surface area contributed by atoms with Gasteiger partial charge in [-0.15, -0.1) is 0 Å². The van der Waals surface area contributed by atoms with Crippen LogP contribution in [0.3, 0.4) is 0 Å². The molecule has 0 fully saturated rings. The van der Waals surface area contributed by atoms with Crippen molar-refractivity contribution in [3.63, 3.8) is 0 Å².